The van der Waals surface area contributed by atoms with E-state index in [1.807, 2.05) is 41.8 Å². The zero-order chi connectivity index (χ0) is 21.6. The van der Waals surface area contributed by atoms with Crippen LogP contribution < -0.4 is 10.3 Å². The highest BCUT2D eigenvalue weighted by Crippen LogP contribution is 2.25. The van der Waals surface area contributed by atoms with Crippen LogP contribution in [-0.2, 0) is 16.6 Å². The molecular weight excluding hydrogens is 442 g/mol. The van der Waals surface area contributed by atoms with Gasteiger partial charge in [0.1, 0.15) is 0 Å². The highest BCUT2D eigenvalue weighted by atomic mass is 35.5. The van der Waals surface area contributed by atoms with Crippen molar-refractivity contribution in [3.63, 3.8) is 0 Å². The summed E-state index contributed by atoms with van der Waals surface area (Å²) in [6.45, 7) is 2.67. The van der Waals surface area contributed by atoms with Gasteiger partial charge in [-0.1, -0.05) is 53.7 Å². The fraction of sp³-hybridized carbons (Fsp3) is 0.238. The second-order valence-corrected chi connectivity index (χ2v) is 9.72. The molecule has 1 heterocycles. The lowest BCUT2D eigenvalue weighted by atomic mass is 10.1. The largest absolute Gasteiger partial charge is 0.328 e. The van der Waals surface area contributed by atoms with E-state index in [0.717, 1.165) is 5.56 Å². The van der Waals surface area contributed by atoms with Gasteiger partial charge < -0.3 is 4.57 Å². The first-order valence-electron chi connectivity index (χ1n) is 9.42. The van der Waals surface area contributed by atoms with E-state index >= 15 is 0 Å². The topological polar surface area (TPSA) is 81.1 Å². The molecule has 6 nitrogen and oxygen atoms in total. The van der Waals surface area contributed by atoms with Gasteiger partial charge in [0, 0.05) is 35.6 Å². The standard InChI is InChI=1S/C21H22ClN3O3S2/c1-2-25-14-12-20(26)23-21(25)29-15-13-19(16-6-4-3-5-7-16)24-30(27,28)18-10-8-17(22)9-11-18/h3-12,14,19,24H,2,13,15H2,1H3. The average Bonchev–Trinajstić information content (AvgIpc) is 2.74. The molecule has 1 aromatic heterocycles. The van der Waals surface area contributed by atoms with Gasteiger partial charge in [-0.3, -0.25) is 4.79 Å². The molecule has 1 unspecified atom stereocenters. The van der Waals surface area contributed by atoms with E-state index in [2.05, 4.69) is 9.71 Å². The number of sulfonamides is 1. The second-order valence-electron chi connectivity index (χ2n) is 6.51. The average molecular weight is 464 g/mol. The summed E-state index contributed by atoms with van der Waals surface area (Å²) in [6, 6.07) is 16.5. The van der Waals surface area contributed by atoms with Crippen molar-refractivity contribution in [2.24, 2.45) is 0 Å². The first-order chi connectivity index (χ1) is 14.4. The van der Waals surface area contributed by atoms with Crippen LogP contribution in [0.4, 0.5) is 0 Å². The lowest BCUT2D eigenvalue weighted by molar-refractivity contribution is 0.551. The van der Waals surface area contributed by atoms with Gasteiger partial charge in [-0.2, -0.15) is 4.98 Å². The number of thioether (sulfide) groups is 1. The van der Waals surface area contributed by atoms with Crippen LogP contribution in [0.25, 0.3) is 0 Å². The van der Waals surface area contributed by atoms with E-state index in [9.17, 15) is 13.2 Å². The van der Waals surface area contributed by atoms with Crippen LogP contribution in [-0.4, -0.2) is 23.7 Å². The summed E-state index contributed by atoms with van der Waals surface area (Å²) in [6.07, 6.45) is 2.24. The molecule has 158 valence electrons. The van der Waals surface area contributed by atoms with E-state index in [0.29, 0.717) is 28.9 Å². The maximum Gasteiger partial charge on any atom is 0.273 e. The number of halogens is 1. The molecule has 0 bridgehead atoms. The molecule has 0 aliphatic rings. The third-order valence-electron chi connectivity index (χ3n) is 4.45. The molecule has 0 fully saturated rings. The molecule has 0 radical (unpaired) electrons. The number of hydrogen-bond donors (Lipinski definition) is 1. The quantitative estimate of drug-likeness (QED) is 0.381. The second kappa shape index (κ2) is 10.3. The Morgan fingerprint density at radius 3 is 2.47 bits per heavy atom. The zero-order valence-electron chi connectivity index (χ0n) is 16.4. The number of aromatic nitrogens is 2. The monoisotopic (exact) mass is 463 g/mol. The first-order valence-corrected chi connectivity index (χ1v) is 12.3. The van der Waals surface area contributed by atoms with Crippen molar-refractivity contribution in [2.75, 3.05) is 5.75 Å². The highest BCUT2D eigenvalue weighted by Gasteiger charge is 2.21. The normalized spacial score (nSPS) is 12.6. The van der Waals surface area contributed by atoms with Gasteiger partial charge in [0.15, 0.2) is 5.16 Å². The van der Waals surface area contributed by atoms with E-state index in [1.54, 1.807) is 18.3 Å². The first kappa shape index (κ1) is 22.6. The number of benzene rings is 2. The zero-order valence-corrected chi connectivity index (χ0v) is 18.8. The molecule has 9 heteroatoms. The molecule has 30 heavy (non-hydrogen) atoms. The summed E-state index contributed by atoms with van der Waals surface area (Å²) in [7, 11) is -3.73. The van der Waals surface area contributed by atoms with Gasteiger partial charge in [0.25, 0.3) is 5.56 Å². The van der Waals surface area contributed by atoms with Crippen LogP contribution in [0.5, 0.6) is 0 Å². The summed E-state index contributed by atoms with van der Waals surface area (Å²) in [5, 5.41) is 1.10. The predicted octanol–water partition coefficient (Wildman–Crippen LogP) is 4.12. The van der Waals surface area contributed by atoms with Gasteiger partial charge >= 0.3 is 0 Å². The van der Waals surface area contributed by atoms with Gasteiger partial charge in [0.05, 0.1) is 4.90 Å². The van der Waals surface area contributed by atoms with Crippen molar-refractivity contribution < 1.29 is 8.42 Å². The van der Waals surface area contributed by atoms with Crippen molar-refractivity contribution in [3.05, 3.63) is 87.8 Å². The minimum absolute atomic E-state index is 0.157. The third kappa shape index (κ3) is 5.95. The number of nitrogens with one attached hydrogen (secondary N) is 1. The smallest absolute Gasteiger partial charge is 0.273 e. The Morgan fingerprint density at radius 1 is 1.10 bits per heavy atom. The van der Waals surface area contributed by atoms with E-state index in [1.165, 1.54) is 30.0 Å². The molecule has 2 aromatic carbocycles. The maximum absolute atomic E-state index is 12.9. The molecule has 0 spiro atoms. The van der Waals surface area contributed by atoms with Crippen LogP contribution in [0.1, 0.15) is 24.9 Å². The minimum atomic E-state index is -3.73. The Labute approximate surface area is 185 Å². The van der Waals surface area contributed by atoms with Gasteiger partial charge in [0.2, 0.25) is 10.0 Å². The van der Waals surface area contributed by atoms with Crippen LogP contribution in [0.3, 0.4) is 0 Å². The third-order valence-corrected chi connectivity index (χ3v) is 7.21. The predicted molar refractivity (Wildman–Crippen MR) is 120 cm³/mol. The fourth-order valence-electron chi connectivity index (χ4n) is 2.89. The summed E-state index contributed by atoms with van der Waals surface area (Å²) >= 11 is 7.31. The van der Waals surface area contributed by atoms with Crippen molar-refractivity contribution in [3.8, 4) is 0 Å². The number of hydrogen-bond acceptors (Lipinski definition) is 5. The molecule has 3 rings (SSSR count). The van der Waals surface area contributed by atoms with E-state index in [4.69, 9.17) is 11.6 Å². The summed E-state index contributed by atoms with van der Waals surface area (Å²) in [5.74, 6) is 0.582. The summed E-state index contributed by atoms with van der Waals surface area (Å²) in [5.41, 5.74) is 0.579. The molecule has 0 aliphatic heterocycles. The van der Waals surface area contributed by atoms with Gasteiger partial charge in [-0.05, 0) is 43.2 Å². The molecular formula is C21H22ClN3O3S2. The van der Waals surface area contributed by atoms with Crippen molar-refractivity contribution in [2.45, 2.75) is 36.0 Å². The Kier molecular flexibility index (Phi) is 7.71. The van der Waals surface area contributed by atoms with E-state index < -0.39 is 16.1 Å². The molecule has 0 aliphatic carbocycles. The molecule has 0 amide bonds. The van der Waals surface area contributed by atoms with Crippen LogP contribution in [0.15, 0.2) is 81.7 Å². The molecule has 0 saturated carbocycles. The fourth-order valence-corrected chi connectivity index (χ4v) is 5.32. The van der Waals surface area contributed by atoms with E-state index in [-0.39, 0.29) is 10.5 Å². The van der Waals surface area contributed by atoms with Gasteiger partial charge in [-0.15, -0.1) is 0 Å². The van der Waals surface area contributed by atoms with Crippen molar-refractivity contribution in [1.82, 2.24) is 14.3 Å². The summed E-state index contributed by atoms with van der Waals surface area (Å²) < 4.78 is 30.5. The van der Waals surface area contributed by atoms with Crippen LogP contribution in [0, 0.1) is 0 Å². The Balaban J connectivity index is 1.78. The lowest BCUT2D eigenvalue weighted by Crippen LogP contribution is -2.29. The number of aryl methyl sites for hydroxylation is 1. The highest BCUT2D eigenvalue weighted by molar-refractivity contribution is 7.99. The van der Waals surface area contributed by atoms with Crippen LogP contribution >= 0.6 is 23.4 Å². The molecule has 1 atom stereocenters. The summed E-state index contributed by atoms with van der Waals surface area (Å²) in [4.78, 5) is 15.8. The minimum Gasteiger partial charge on any atom is -0.328 e. The van der Waals surface area contributed by atoms with Crippen molar-refractivity contribution >= 4 is 33.4 Å². The molecule has 0 saturated heterocycles. The Morgan fingerprint density at radius 2 is 1.80 bits per heavy atom. The Bertz CT molecular complexity index is 1130. The number of nitrogens with zero attached hydrogens (tertiary/aromatic N) is 2. The maximum atomic E-state index is 12.9. The molecule has 3 aromatic rings. The van der Waals surface area contributed by atoms with Crippen molar-refractivity contribution in [1.29, 1.82) is 0 Å². The Hall–Kier alpha value is -2.13. The number of rotatable bonds is 9. The SMILES string of the molecule is CCn1ccc(=O)nc1SCCC(NS(=O)(=O)c1ccc(Cl)cc1)c1ccccc1. The molecule has 1 N–H and O–H groups in total. The van der Waals surface area contributed by atoms with Gasteiger partial charge in [-0.25, -0.2) is 13.1 Å². The lowest BCUT2D eigenvalue weighted by Gasteiger charge is -2.19. The van der Waals surface area contributed by atoms with Crippen LogP contribution in [0.2, 0.25) is 5.02 Å².